The Kier molecular flexibility index (Phi) is 4.84. The van der Waals surface area contributed by atoms with Crippen molar-refractivity contribution in [1.82, 2.24) is 0 Å². The molecule has 0 saturated carbocycles. The SMILES string of the molecule is COc1ccc(CN2c3ccc(C(=O)O)cc3NC(=O)[C@@H]2C(C)C)cc1. The minimum atomic E-state index is -1.02. The summed E-state index contributed by atoms with van der Waals surface area (Å²) in [7, 11) is 1.62. The summed E-state index contributed by atoms with van der Waals surface area (Å²) in [6, 6.07) is 12.2. The maximum Gasteiger partial charge on any atom is 0.335 e. The van der Waals surface area contributed by atoms with Crippen molar-refractivity contribution in [2.45, 2.75) is 26.4 Å². The van der Waals surface area contributed by atoms with Gasteiger partial charge < -0.3 is 20.1 Å². The van der Waals surface area contributed by atoms with Crippen LogP contribution in [0.4, 0.5) is 11.4 Å². The molecule has 6 nitrogen and oxygen atoms in total. The van der Waals surface area contributed by atoms with Crippen molar-refractivity contribution in [3.8, 4) is 5.75 Å². The van der Waals surface area contributed by atoms with Gasteiger partial charge in [-0.3, -0.25) is 4.79 Å². The third-order valence-corrected chi connectivity index (χ3v) is 4.56. The highest BCUT2D eigenvalue weighted by Gasteiger charge is 2.35. The Labute approximate surface area is 152 Å². The third-order valence-electron chi connectivity index (χ3n) is 4.56. The predicted octanol–water partition coefficient (Wildman–Crippen LogP) is 3.38. The number of rotatable bonds is 5. The second-order valence-electron chi connectivity index (χ2n) is 6.69. The lowest BCUT2D eigenvalue weighted by Gasteiger charge is -2.40. The maximum absolute atomic E-state index is 12.7. The summed E-state index contributed by atoms with van der Waals surface area (Å²) in [6.07, 6.45) is 0. The van der Waals surface area contributed by atoms with Gasteiger partial charge in [0.2, 0.25) is 5.91 Å². The van der Waals surface area contributed by atoms with Gasteiger partial charge in [-0.15, -0.1) is 0 Å². The Morgan fingerprint density at radius 2 is 1.92 bits per heavy atom. The lowest BCUT2D eigenvalue weighted by molar-refractivity contribution is -0.118. The number of hydrogen-bond acceptors (Lipinski definition) is 4. The molecule has 0 spiro atoms. The molecular formula is C20H22N2O4. The number of benzene rings is 2. The molecule has 6 heteroatoms. The van der Waals surface area contributed by atoms with Gasteiger partial charge in [0, 0.05) is 6.54 Å². The number of carboxylic acid groups (broad SMARTS) is 1. The molecule has 0 bridgehead atoms. The Hall–Kier alpha value is -3.02. The molecule has 0 radical (unpaired) electrons. The summed E-state index contributed by atoms with van der Waals surface area (Å²) in [5.41, 5.74) is 2.54. The summed E-state index contributed by atoms with van der Waals surface area (Å²) in [5.74, 6) is -0.268. The van der Waals surface area contributed by atoms with E-state index in [9.17, 15) is 14.7 Å². The Balaban J connectivity index is 2.00. The molecule has 2 N–H and O–H groups in total. The van der Waals surface area contributed by atoms with E-state index in [0.29, 0.717) is 12.2 Å². The summed E-state index contributed by atoms with van der Waals surface area (Å²) in [5, 5.41) is 12.1. The van der Waals surface area contributed by atoms with Crippen LogP contribution in [0.3, 0.4) is 0 Å². The van der Waals surface area contributed by atoms with Gasteiger partial charge in [0.05, 0.1) is 24.0 Å². The van der Waals surface area contributed by atoms with Crippen molar-refractivity contribution in [1.29, 1.82) is 0 Å². The number of fused-ring (bicyclic) bond motifs is 1. The van der Waals surface area contributed by atoms with Gasteiger partial charge in [0.1, 0.15) is 11.8 Å². The number of anilines is 2. The monoisotopic (exact) mass is 354 g/mol. The zero-order valence-corrected chi connectivity index (χ0v) is 15.0. The lowest BCUT2D eigenvalue weighted by atomic mass is 9.96. The molecule has 0 saturated heterocycles. The van der Waals surface area contributed by atoms with Gasteiger partial charge in [-0.1, -0.05) is 26.0 Å². The van der Waals surface area contributed by atoms with Crippen LogP contribution in [-0.4, -0.2) is 30.1 Å². The summed E-state index contributed by atoms with van der Waals surface area (Å²) >= 11 is 0. The first-order chi connectivity index (χ1) is 12.4. The van der Waals surface area contributed by atoms with Gasteiger partial charge in [-0.25, -0.2) is 4.79 Å². The number of carbonyl (C=O) groups is 2. The molecule has 2 aromatic carbocycles. The number of carboxylic acids is 1. The number of ether oxygens (including phenoxy) is 1. The van der Waals surface area contributed by atoms with Crippen LogP contribution in [0.2, 0.25) is 0 Å². The van der Waals surface area contributed by atoms with Crippen LogP contribution in [0.15, 0.2) is 42.5 Å². The van der Waals surface area contributed by atoms with Crippen LogP contribution in [0.5, 0.6) is 5.75 Å². The number of hydrogen-bond donors (Lipinski definition) is 2. The van der Waals surface area contributed by atoms with E-state index in [4.69, 9.17) is 4.74 Å². The van der Waals surface area contributed by atoms with Crippen molar-refractivity contribution in [3.05, 3.63) is 53.6 Å². The smallest absolute Gasteiger partial charge is 0.335 e. The number of amides is 1. The zero-order valence-electron chi connectivity index (χ0n) is 15.0. The van der Waals surface area contributed by atoms with Crippen LogP contribution < -0.4 is 15.0 Å². The molecule has 1 atom stereocenters. The number of aromatic carboxylic acids is 1. The average molecular weight is 354 g/mol. The average Bonchev–Trinajstić information content (AvgIpc) is 2.61. The molecule has 0 fully saturated rings. The van der Waals surface area contributed by atoms with Crippen molar-refractivity contribution in [3.63, 3.8) is 0 Å². The van der Waals surface area contributed by atoms with Gasteiger partial charge >= 0.3 is 5.97 Å². The fourth-order valence-corrected chi connectivity index (χ4v) is 3.29. The van der Waals surface area contributed by atoms with Crippen LogP contribution >= 0.6 is 0 Å². The normalized spacial score (nSPS) is 16.2. The van der Waals surface area contributed by atoms with E-state index in [2.05, 4.69) is 5.32 Å². The summed E-state index contributed by atoms with van der Waals surface area (Å²) in [6.45, 7) is 4.55. The van der Waals surface area contributed by atoms with Crippen LogP contribution in [-0.2, 0) is 11.3 Å². The van der Waals surface area contributed by atoms with Gasteiger partial charge in [0.15, 0.2) is 0 Å². The molecule has 1 aliphatic heterocycles. The van der Waals surface area contributed by atoms with E-state index in [1.165, 1.54) is 6.07 Å². The van der Waals surface area contributed by atoms with Crippen molar-refractivity contribution in [2.24, 2.45) is 5.92 Å². The highest BCUT2D eigenvalue weighted by Crippen LogP contribution is 2.36. The third kappa shape index (κ3) is 3.35. The fraction of sp³-hybridized carbons (Fsp3) is 0.300. The van der Waals surface area contributed by atoms with E-state index in [0.717, 1.165) is 17.0 Å². The van der Waals surface area contributed by atoms with Gasteiger partial charge in [-0.2, -0.15) is 0 Å². The highest BCUT2D eigenvalue weighted by atomic mass is 16.5. The number of methoxy groups -OCH3 is 1. The molecule has 2 aromatic rings. The topological polar surface area (TPSA) is 78.9 Å². The first-order valence-electron chi connectivity index (χ1n) is 8.48. The Morgan fingerprint density at radius 1 is 1.23 bits per heavy atom. The quantitative estimate of drug-likeness (QED) is 0.861. The highest BCUT2D eigenvalue weighted by molar-refractivity contribution is 6.05. The standard InChI is InChI=1S/C20H22N2O4/c1-12(2)18-19(23)21-16-10-14(20(24)25)6-9-17(16)22(18)11-13-4-7-15(26-3)8-5-13/h4-10,12,18H,11H2,1-3H3,(H,21,23)(H,24,25)/t18-/m0/s1. The molecule has 3 rings (SSSR count). The molecule has 26 heavy (non-hydrogen) atoms. The Bertz CT molecular complexity index is 830. The predicted molar refractivity (Wildman–Crippen MR) is 99.8 cm³/mol. The molecule has 0 unspecified atom stereocenters. The first-order valence-corrected chi connectivity index (χ1v) is 8.48. The van der Waals surface area contributed by atoms with Crippen LogP contribution in [0.25, 0.3) is 0 Å². The van der Waals surface area contributed by atoms with Crippen molar-refractivity contribution >= 4 is 23.3 Å². The molecule has 0 aliphatic carbocycles. The van der Waals surface area contributed by atoms with Gasteiger partial charge in [-0.05, 0) is 41.8 Å². The Morgan fingerprint density at radius 3 is 2.50 bits per heavy atom. The van der Waals surface area contributed by atoms with E-state index < -0.39 is 5.97 Å². The van der Waals surface area contributed by atoms with Crippen molar-refractivity contribution < 1.29 is 19.4 Å². The molecule has 1 heterocycles. The second-order valence-corrected chi connectivity index (χ2v) is 6.69. The van der Waals surface area contributed by atoms with E-state index in [1.54, 1.807) is 19.2 Å². The first kappa shape index (κ1) is 17.8. The summed E-state index contributed by atoms with van der Waals surface area (Å²) < 4.78 is 5.19. The zero-order chi connectivity index (χ0) is 18.8. The molecule has 1 amide bonds. The lowest BCUT2D eigenvalue weighted by Crippen LogP contribution is -2.50. The summed E-state index contributed by atoms with van der Waals surface area (Å²) in [4.78, 5) is 25.9. The molecule has 0 aromatic heterocycles. The molecular weight excluding hydrogens is 332 g/mol. The number of carbonyl (C=O) groups excluding carboxylic acids is 1. The van der Waals surface area contributed by atoms with Crippen LogP contribution in [0, 0.1) is 5.92 Å². The van der Waals surface area contributed by atoms with Crippen LogP contribution in [0.1, 0.15) is 29.8 Å². The van der Waals surface area contributed by atoms with E-state index in [1.807, 2.05) is 43.0 Å². The van der Waals surface area contributed by atoms with Crippen molar-refractivity contribution in [2.75, 3.05) is 17.3 Å². The maximum atomic E-state index is 12.7. The largest absolute Gasteiger partial charge is 0.497 e. The van der Waals surface area contributed by atoms with Gasteiger partial charge in [0.25, 0.3) is 0 Å². The second kappa shape index (κ2) is 7.07. The minimum Gasteiger partial charge on any atom is -0.497 e. The molecule has 136 valence electrons. The molecule has 1 aliphatic rings. The van der Waals surface area contributed by atoms with E-state index in [-0.39, 0.29) is 23.4 Å². The minimum absolute atomic E-state index is 0.0977. The number of nitrogens with zero attached hydrogens (tertiary/aromatic N) is 1. The van der Waals surface area contributed by atoms with E-state index >= 15 is 0 Å². The fourth-order valence-electron chi connectivity index (χ4n) is 3.29. The number of nitrogens with one attached hydrogen (secondary N) is 1.